The maximum Gasteiger partial charge on any atom is 0.332 e. The molecule has 0 aromatic heterocycles. The van der Waals surface area contributed by atoms with E-state index < -0.39 is 12.1 Å². The summed E-state index contributed by atoms with van der Waals surface area (Å²) in [5.74, 6) is -1.12. The summed E-state index contributed by atoms with van der Waals surface area (Å²) >= 11 is 0. The maximum atomic E-state index is 9.96. The van der Waals surface area contributed by atoms with Crippen molar-refractivity contribution >= 4 is 32.2 Å². The van der Waals surface area contributed by atoms with Crippen LogP contribution in [0, 0.1) is 0 Å². The van der Waals surface area contributed by atoms with Crippen LogP contribution in [0.15, 0.2) is 0 Å². The van der Waals surface area contributed by atoms with Gasteiger partial charge in [-0.3, -0.25) is 0 Å². The van der Waals surface area contributed by atoms with Crippen molar-refractivity contribution in [2.75, 3.05) is 0 Å². The van der Waals surface area contributed by atoms with Gasteiger partial charge in [0.2, 0.25) is 0 Å². The number of hydrogen-bond donors (Lipinski definition) is 2. The van der Waals surface area contributed by atoms with Crippen molar-refractivity contribution < 1.29 is 15.0 Å². The number of carboxylic acid groups (broad SMARTS) is 1. The van der Waals surface area contributed by atoms with Gasteiger partial charge in [-0.1, -0.05) is 19.8 Å². The molecule has 0 aromatic carbocycles. The topological polar surface area (TPSA) is 57.5 Å². The molecule has 0 aromatic rings. The van der Waals surface area contributed by atoms with Crippen molar-refractivity contribution in [1.82, 2.24) is 0 Å². The number of aliphatic carboxylic acids is 1. The second-order valence-corrected chi connectivity index (χ2v) is 2.00. The van der Waals surface area contributed by atoms with E-state index in [1.807, 2.05) is 6.92 Å². The Morgan fingerprint density at radius 1 is 1.60 bits per heavy atom. The number of carbonyl (C=O) groups is 1. The monoisotopic (exact) mass is 341 g/mol. The number of carboxylic acids is 1. The molecule has 3 radical (unpaired) electrons. The molecule has 2 N–H and O–H groups in total. The summed E-state index contributed by atoms with van der Waals surface area (Å²) in [5.41, 5.74) is 0. The Hall–Kier alpha value is 0.313. The van der Waals surface area contributed by atoms with Crippen LogP contribution in [0.25, 0.3) is 0 Å². The Morgan fingerprint density at radius 3 is 2.40 bits per heavy atom. The maximum absolute atomic E-state index is 9.96. The predicted octanol–water partition coefficient (Wildman–Crippen LogP) is 0.241. The van der Waals surface area contributed by atoms with Crippen molar-refractivity contribution in [2.45, 2.75) is 32.3 Å². The van der Waals surface area contributed by atoms with E-state index in [9.17, 15) is 4.79 Å². The Morgan fingerprint density at radius 2 is 2.10 bits per heavy atom. The fraction of sp³-hybridized carbons (Fsp3) is 0.833. The fourth-order valence-corrected chi connectivity index (χ4v) is 0.521. The van der Waals surface area contributed by atoms with Crippen molar-refractivity contribution in [1.29, 1.82) is 0 Å². The van der Waals surface area contributed by atoms with Crippen LogP contribution in [-0.2, 0) is 4.79 Å². The van der Waals surface area contributed by atoms with E-state index in [1.54, 1.807) is 0 Å². The van der Waals surface area contributed by atoms with Crippen LogP contribution < -0.4 is 0 Å². The van der Waals surface area contributed by atoms with Crippen LogP contribution in [0.3, 0.4) is 0 Å². The average Bonchev–Trinajstić information content (AvgIpc) is 1.82. The molecular formula is C6H12BiO3. The second-order valence-electron chi connectivity index (χ2n) is 2.00. The summed E-state index contributed by atoms with van der Waals surface area (Å²) in [6.07, 6.45) is 0.897. The number of aliphatic hydroxyl groups excluding tert-OH is 1. The molecule has 1 unspecified atom stereocenters. The zero-order valence-corrected chi connectivity index (χ0v) is 9.43. The zero-order chi connectivity index (χ0) is 7.28. The van der Waals surface area contributed by atoms with Crippen molar-refractivity contribution in [2.24, 2.45) is 0 Å². The summed E-state index contributed by atoms with van der Waals surface area (Å²) in [6.45, 7) is 1.95. The number of hydrogen-bond acceptors (Lipinski definition) is 2. The predicted molar refractivity (Wildman–Crippen MR) is 38.9 cm³/mol. The first-order valence-electron chi connectivity index (χ1n) is 3.09. The summed E-state index contributed by atoms with van der Waals surface area (Å²) < 4.78 is 0. The molecule has 0 bridgehead atoms. The average molecular weight is 341 g/mol. The van der Waals surface area contributed by atoms with Crippen LogP contribution >= 0.6 is 0 Å². The van der Waals surface area contributed by atoms with E-state index >= 15 is 0 Å². The molecule has 0 amide bonds. The van der Waals surface area contributed by atoms with E-state index in [0.29, 0.717) is 6.42 Å². The molecular weight excluding hydrogens is 329 g/mol. The summed E-state index contributed by atoms with van der Waals surface area (Å²) in [7, 11) is 0. The quantitative estimate of drug-likeness (QED) is 0.721. The smallest absolute Gasteiger partial charge is 0.332 e. The van der Waals surface area contributed by atoms with E-state index in [2.05, 4.69) is 0 Å². The number of aliphatic hydroxyl groups is 1. The van der Waals surface area contributed by atoms with E-state index in [4.69, 9.17) is 10.2 Å². The minimum absolute atomic E-state index is 0. The summed E-state index contributed by atoms with van der Waals surface area (Å²) in [6, 6.07) is 0. The minimum atomic E-state index is -1.16. The first-order chi connectivity index (χ1) is 4.18. The van der Waals surface area contributed by atoms with Crippen molar-refractivity contribution in [3.05, 3.63) is 0 Å². The standard InChI is InChI=1S/C6H12O3.Bi/c1-2-3-4-5(7)6(8)9;/h5,7H,2-4H2,1H3,(H,8,9);. The third-order valence-corrected chi connectivity index (χ3v) is 1.12. The molecule has 0 aliphatic rings. The van der Waals surface area contributed by atoms with Crippen LogP contribution in [-0.4, -0.2) is 48.5 Å². The van der Waals surface area contributed by atoms with Gasteiger partial charge in [-0.05, 0) is 6.42 Å². The molecule has 0 rings (SSSR count). The number of unbranched alkanes of at least 4 members (excludes halogenated alkanes) is 1. The van der Waals surface area contributed by atoms with Gasteiger partial charge in [0.25, 0.3) is 0 Å². The molecule has 0 spiro atoms. The van der Waals surface area contributed by atoms with E-state index in [0.717, 1.165) is 12.8 Å². The van der Waals surface area contributed by atoms with Gasteiger partial charge >= 0.3 is 5.97 Å². The molecule has 0 saturated heterocycles. The van der Waals surface area contributed by atoms with Crippen LogP contribution in [0.1, 0.15) is 26.2 Å². The van der Waals surface area contributed by atoms with E-state index in [1.165, 1.54) is 0 Å². The normalized spacial score (nSPS) is 11.8. The fourth-order valence-electron chi connectivity index (χ4n) is 0.521. The molecule has 59 valence electrons. The van der Waals surface area contributed by atoms with Crippen LogP contribution in [0.2, 0.25) is 0 Å². The largest absolute Gasteiger partial charge is 0.479 e. The van der Waals surface area contributed by atoms with Gasteiger partial charge in [0.05, 0.1) is 0 Å². The van der Waals surface area contributed by atoms with Gasteiger partial charge in [-0.25, -0.2) is 4.79 Å². The number of rotatable bonds is 4. The third kappa shape index (κ3) is 6.43. The molecule has 4 heteroatoms. The molecule has 1 atom stereocenters. The van der Waals surface area contributed by atoms with Gasteiger partial charge < -0.3 is 10.2 Å². The van der Waals surface area contributed by atoms with Crippen molar-refractivity contribution in [3.63, 3.8) is 0 Å². The minimum Gasteiger partial charge on any atom is -0.479 e. The van der Waals surface area contributed by atoms with Gasteiger partial charge in [0.1, 0.15) is 0 Å². The zero-order valence-electron chi connectivity index (χ0n) is 5.95. The Kier molecular flexibility index (Phi) is 9.60. The molecule has 3 nitrogen and oxygen atoms in total. The van der Waals surface area contributed by atoms with Crippen LogP contribution in [0.4, 0.5) is 0 Å². The van der Waals surface area contributed by atoms with Gasteiger partial charge in [0, 0.05) is 26.2 Å². The molecule has 0 fully saturated rings. The summed E-state index contributed by atoms with van der Waals surface area (Å²) in [5, 5.41) is 16.8. The molecule has 0 saturated carbocycles. The molecule has 0 aliphatic heterocycles. The molecule has 0 heterocycles. The summed E-state index contributed by atoms with van der Waals surface area (Å²) in [4.78, 5) is 9.96. The third-order valence-electron chi connectivity index (χ3n) is 1.12. The van der Waals surface area contributed by atoms with Crippen LogP contribution in [0.5, 0.6) is 0 Å². The molecule has 0 aliphatic carbocycles. The van der Waals surface area contributed by atoms with E-state index in [-0.39, 0.29) is 26.2 Å². The Balaban J connectivity index is 0. The first-order valence-corrected chi connectivity index (χ1v) is 3.09. The molecule has 10 heavy (non-hydrogen) atoms. The Bertz CT molecular complexity index is 95.0. The van der Waals surface area contributed by atoms with Gasteiger partial charge in [0.15, 0.2) is 6.10 Å². The van der Waals surface area contributed by atoms with Gasteiger partial charge in [-0.2, -0.15) is 0 Å². The van der Waals surface area contributed by atoms with Crippen molar-refractivity contribution in [3.8, 4) is 0 Å². The SMILES string of the molecule is CCCCC(O)C(=O)O.[Bi]. The van der Waals surface area contributed by atoms with Gasteiger partial charge in [-0.15, -0.1) is 0 Å². The Labute approximate surface area is 79.6 Å². The second kappa shape index (κ2) is 7.42. The first kappa shape index (κ1) is 12.9.